The van der Waals surface area contributed by atoms with Crippen molar-refractivity contribution in [3.63, 3.8) is 0 Å². The Morgan fingerprint density at radius 3 is 2.07 bits per heavy atom. The summed E-state index contributed by atoms with van der Waals surface area (Å²) >= 11 is 3.25. The number of aliphatic hydroxyl groups excluding tert-OH is 1. The standard InChI is InChI=1S/C51H54N14O4S2/c1-33-6-3-8-35(28-33)38-11-14-64(58-38)49-53-40-30-37(70-44(40)47(56-49)61-21-25-67-26-22-61)10-5-13-52-41-32-69-43(41)42-31-63(23-27-68-42)48-45-46(55-51(71-45)62-18-16-60(17-19-62)20-24-66)54-50(57-48)65-15-12-39(59-65)36-9-4-7-34(2)29-36/h3-4,6-9,11-12,14-15,28-30,41-43,52,66H,13,16-27,31-32H2,1-2H3. The predicted octanol–water partition coefficient (Wildman–Crippen LogP) is 4.98. The number of thiazole rings is 1. The summed E-state index contributed by atoms with van der Waals surface area (Å²) in [6.07, 6.45) is 3.48. The fourth-order valence-electron chi connectivity index (χ4n) is 9.61. The van der Waals surface area contributed by atoms with Gasteiger partial charge in [-0.1, -0.05) is 70.7 Å². The molecule has 71 heavy (non-hydrogen) atoms. The Bertz CT molecular complexity index is 3250. The summed E-state index contributed by atoms with van der Waals surface area (Å²) in [5.74, 6) is 9.47. The lowest BCUT2D eigenvalue weighted by Gasteiger charge is -2.45. The second-order valence-electron chi connectivity index (χ2n) is 18.3. The largest absolute Gasteiger partial charge is 0.395 e. The van der Waals surface area contributed by atoms with Crippen LogP contribution < -0.4 is 20.0 Å². The smallest absolute Gasteiger partial charge is 0.254 e. The molecule has 6 aromatic heterocycles. The van der Waals surface area contributed by atoms with Crippen LogP contribution in [0, 0.1) is 25.7 Å². The number of hydrogen-bond acceptors (Lipinski definition) is 18. The van der Waals surface area contributed by atoms with Gasteiger partial charge in [-0.25, -0.2) is 14.3 Å². The van der Waals surface area contributed by atoms with Crippen LogP contribution in [0.15, 0.2) is 79.1 Å². The number of nitrogens with zero attached hydrogens (tertiary/aromatic N) is 13. The van der Waals surface area contributed by atoms with E-state index in [1.165, 1.54) is 11.1 Å². The number of morpholine rings is 2. The number of β-amino-alcohol motifs (C(OH)–C–C–N with tert-alkyl or cyclic N) is 1. The highest BCUT2D eigenvalue weighted by Crippen LogP contribution is 2.37. The molecule has 4 aliphatic heterocycles. The number of rotatable bonds is 12. The highest BCUT2D eigenvalue weighted by molar-refractivity contribution is 7.22. The molecule has 3 atom stereocenters. The molecule has 0 spiro atoms. The molecular formula is C51H54N14O4S2. The SMILES string of the molecule is Cc1cccc(-c2ccn(-c3nc(N4CCOCC4)c4sc(C#CCNC5COC5C5CN(c6nc(-n7ccc(-c8cccc(C)c8)n7)nc7nc(N8CCN(CCO)CC8)sc67)CCO5)cc4n3)n2)c1. The van der Waals surface area contributed by atoms with Crippen molar-refractivity contribution in [2.75, 3.05) is 113 Å². The summed E-state index contributed by atoms with van der Waals surface area (Å²) in [6, 6.07) is 22.8. The Kier molecular flexibility index (Phi) is 12.9. The Morgan fingerprint density at radius 2 is 1.39 bits per heavy atom. The van der Waals surface area contributed by atoms with Gasteiger partial charge in [-0.3, -0.25) is 10.2 Å². The molecule has 18 nitrogen and oxygen atoms in total. The maximum Gasteiger partial charge on any atom is 0.254 e. The second-order valence-corrected chi connectivity index (χ2v) is 20.3. The summed E-state index contributed by atoms with van der Waals surface area (Å²) in [6.45, 7) is 14.0. The highest BCUT2D eigenvalue weighted by Gasteiger charge is 2.41. The molecule has 2 aromatic carbocycles. The van der Waals surface area contributed by atoms with E-state index in [0.717, 1.165) is 98.3 Å². The topological polar surface area (TPSA) is 173 Å². The van der Waals surface area contributed by atoms with Crippen molar-refractivity contribution in [3.8, 4) is 46.3 Å². The fraction of sp³-hybridized carbons (Fsp3) is 0.392. The van der Waals surface area contributed by atoms with Crippen LogP contribution in [0.3, 0.4) is 0 Å². The third-order valence-corrected chi connectivity index (χ3v) is 15.6. The number of hydrogen-bond donors (Lipinski definition) is 2. The normalized spacial score (nSPS) is 19.9. The van der Waals surface area contributed by atoms with E-state index in [-0.39, 0.29) is 24.9 Å². The number of fused-ring (bicyclic) bond motifs is 2. The zero-order valence-electron chi connectivity index (χ0n) is 39.6. The van der Waals surface area contributed by atoms with Crippen LogP contribution in [0.5, 0.6) is 0 Å². The van der Waals surface area contributed by atoms with Crippen molar-refractivity contribution in [3.05, 3.63) is 95.1 Å². The molecule has 3 unspecified atom stereocenters. The third kappa shape index (κ3) is 9.59. The fourth-order valence-corrected chi connectivity index (χ4v) is 11.7. The molecule has 0 saturated carbocycles. The molecule has 4 fully saturated rings. The molecule has 0 bridgehead atoms. The molecule has 0 aliphatic carbocycles. The minimum absolute atomic E-state index is 0.0707. The van der Waals surface area contributed by atoms with Gasteiger partial charge in [0.1, 0.15) is 16.9 Å². The summed E-state index contributed by atoms with van der Waals surface area (Å²) in [4.78, 5) is 35.5. The van der Waals surface area contributed by atoms with Crippen LogP contribution in [0.1, 0.15) is 16.0 Å². The number of thiophene rings is 1. The highest BCUT2D eigenvalue weighted by atomic mass is 32.1. The van der Waals surface area contributed by atoms with Gasteiger partial charge in [0.2, 0.25) is 0 Å². The summed E-state index contributed by atoms with van der Waals surface area (Å²) in [5, 5.41) is 23.9. The van der Waals surface area contributed by atoms with Gasteiger partial charge in [-0.2, -0.15) is 30.1 Å². The average Bonchev–Trinajstić information content (AvgIpc) is 4.23. The minimum atomic E-state index is -0.197. The Morgan fingerprint density at radius 1 is 0.704 bits per heavy atom. The maximum absolute atomic E-state index is 9.52. The van der Waals surface area contributed by atoms with Gasteiger partial charge in [-0.15, -0.1) is 11.3 Å². The van der Waals surface area contributed by atoms with Crippen molar-refractivity contribution in [2.45, 2.75) is 32.1 Å². The third-order valence-electron chi connectivity index (χ3n) is 13.4. The summed E-state index contributed by atoms with van der Waals surface area (Å²) < 4.78 is 23.8. The zero-order valence-corrected chi connectivity index (χ0v) is 41.3. The molecule has 2 N–H and O–H groups in total. The maximum atomic E-state index is 9.52. The van der Waals surface area contributed by atoms with E-state index >= 15 is 0 Å². The van der Waals surface area contributed by atoms with Gasteiger partial charge in [0.25, 0.3) is 11.9 Å². The van der Waals surface area contributed by atoms with Crippen LogP contribution in [0.2, 0.25) is 0 Å². The first-order valence-electron chi connectivity index (χ1n) is 24.3. The van der Waals surface area contributed by atoms with Crippen LogP contribution >= 0.6 is 22.7 Å². The van der Waals surface area contributed by atoms with E-state index in [2.05, 4.69) is 93.1 Å². The first kappa shape index (κ1) is 45.7. The molecule has 4 aliphatic rings. The Balaban J connectivity index is 0.758. The Labute approximate surface area is 418 Å². The van der Waals surface area contributed by atoms with Gasteiger partial charge >= 0.3 is 0 Å². The number of anilines is 3. The lowest BCUT2D eigenvalue weighted by atomic mass is 9.99. The zero-order chi connectivity index (χ0) is 47.8. The van der Waals surface area contributed by atoms with Gasteiger partial charge in [0.15, 0.2) is 22.4 Å². The summed E-state index contributed by atoms with van der Waals surface area (Å²) in [7, 11) is 0. The molecule has 4 saturated heterocycles. The predicted molar refractivity (Wildman–Crippen MR) is 276 cm³/mol. The molecule has 364 valence electrons. The molecular weight excluding hydrogens is 937 g/mol. The van der Waals surface area contributed by atoms with Crippen LogP contribution in [-0.2, 0) is 14.2 Å². The van der Waals surface area contributed by atoms with Crippen LogP contribution in [0.4, 0.5) is 16.8 Å². The number of ether oxygens (including phenoxy) is 3. The number of aliphatic hydroxyl groups is 1. The Hall–Kier alpha value is -6.41. The van der Waals surface area contributed by atoms with Crippen molar-refractivity contribution in [1.82, 2.24) is 54.7 Å². The number of nitrogens with one attached hydrogen (secondary N) is 1. The van der Waals surface area contributed by atoms with Crippen molar-refractivity contribution < 1.29 is 19.3 Å². The molecule has 12 rings (SSSR count). The lowest BCUT2D eigenvalue weighted by Crippen LogP contribution is -2.63. The van der Waals surface area contributed by atoms with Crippen molar-refractivity contribution >= 4 is 60.0 Å². The van der Waals surface area contributed by atoms with E-state index in [0.29, 0.717) is 70.2 Å². The van der Waals surface area contributed by atoms with Crippen LogP contribution in [-0.4, -0.2) is 171 Å². The minimum Gasteiger partial charge on any atom is -0.395 e. The number of piperazine rings is 1. The van der Waals surface area contributed by atoms with Crippen LogP contribution in [0.25, 0.3) is 55.0 Å². The second kappa shape index (κ2) is 20.0. The molecule has 10 heterocycles. The van der Waals surface area contributed by atoms with Gasteiger partial charge < -0.3 is 34.0 Å². The van der Waals surface area contributed by atoms with E-state index < -0.39 is 0 Å². The van der Waals surface area contributed by atoms with Crippen molar-refractivity contribution in [1.29, 1.82) is 0 Å². The molecule has 0 amide bonds. The van der Waals surface area contributed by atoms with Crippen molar-refractivity contribution in [2.24, 2.45) is 0 Å². The molecule has 20 heteroatoms. The molecule has 0 radical (unpaired) electrons. The quantitative estimate of drug-likeness (QED) is 0.157. The lowest BCUT2D eigenvalue weighted by molar-refractivity contribution is -0.162. The summed E-state index contributed by atoms with van der Waals surface area (Å²) in [5.41, 5.74) is 7.64. The van der Waals surface area contributed by atoms with E-state index in [1.807, 2.05) is 36.7 Å². The monoisotopic (exact) mass is 990 g/mol. The number of benzene rings is 2. The van der Waals surface area contributed by atoms with E-state index in [4.69, 9.17) is 49.3 Å². The van der Waals surface area contributed by atoms with E-state index in [1.54, 1.807) is 32.0 Å². The first-order chi connectivity index (χ1) is 34.9. The van der Waals surface area contributed by atoms with Gasteiger partial charge in [0, 0.05) is 82.4 Å². The number of aromatic nitrogens is 9. The van der Waals surface area contributed by atoms with E-state index in [9.17, 15) is 5.11 Å². The first-order valence-corrected chi connectivity index (χ1v) is 25.9. The average molecular weight is 991 g/mol. The van der Waals surface area contributed by atoms with Gasteiger partial charge in [0.05, 0.1) is 72.1 Å². The molecule has 8 aromatic rings. The van der Waals surface area contributed by atoms with Gasteiger partial charge in [-0.05, 0) is 44.2 Å². The number of aryl methyl sites for hydroxylation is 2.